The first-order valence-electron chi connectivity index (χ1n) is 8.11. The molecule has 0 aromatic rings. The monoisotopic (exact) mass is 368 g/mol. The molecule has 0 aliphatic heterocycles. The van der Waals surface area contributed by atoms with Crippen molar-refractivity contribution in [2.24, 2.45) is 0 Å². The summed E-state index contributed by atoms with van der Waals surface area (Å²) in [6, 6.07) is 0.572. The number of carbonyl (C=O) groups excluding carboxylic acids is 1. The molecule has 0 bridgehead atoms. The molecule has 138 valence electrons. The Morgan fingerprint density at radius 3 is 2.09 bits per heavy atom. The van der Waals surface area contributed by atoms with Gasteiger partial charge in [0.1, 0.15) is 0 Å². The van der Waals surface area contributed by atoms with Crippen molar-refractivity contribution >= 4 is 24.2 Å². The van der Waals surface area contributed by atoms with Crippen LogP contribution in [-0.2, 0) is 13.3 Å². The van der Waals surface area contributed by atoms with E-state index in [1.54, 1.807) is 11.9 Å². The molecule has 0 saturated heterocycles. The van der Waals surface area contributed by atoms with Gasteiger partial charge in [-0.3, -0.25) is 9.99 Å². The number of hydrogen-bond acceptors (Lipinski definition) is 6. The van der Waals surface area contributed by atoms with E-state index in [2.05, 4.69) is 25.1 Å². The van der Waals surface area contributed by atoms with Gasteiger partial charge in [0.05, 0.1) is 13.3 Å². The standard InChI is InChI=1S/C13H33N4O4PSi/c1-5-19-23(20-6-2,21-7-3)10-8-9-15-13(18)17(11-14-4)12-16-22/h14,16H,5-12,22H2,1-4H3,(H,15,18). The van der Waals surface area contributed by atoms with E-state index in [0.29, 0.717) is 45.7 Å². The summed E-state index contributed by atoms with van der Waals surface area (Å²) >= 11 is 0. The van der Waals surface area contributed by atoms with Crippen molar-refractivity contribution in [1.82, 2.24) is 20.6 Å². The van der Waals surface area contributed by atoms with Crippen molar-refractivity contribution in [3.63, 3.8) is 0 Å². The average molecular weight is 368 g/mol. The summed E-state index contributed by atoms with van der Waals surface area (Å²) in [6.07, 6.45) is 0.750. The molecule has 10 heteroatoms. The van der Waals surface area contributed by atoms with Gasteiger partial charge < -0.3 is 23.9 Å². The van der Waals surface area contributed by atoms with Gasteiger partial charge in [0.15, 0.2) is 0 Å². The Bertz CT molecular complexity index is 293. The molecular formula is C13H33N4O4PSi. The maximum absolute atomic E-state index is 12.1. The molecule has 23 heavy (non-hydrogen) atoms. The molecule has 0 aromatic carbocycles. The third kappa shape index (κ3) is 9.56. The van der Waals surface area contributed by atoms with Crippen LogP contribution in [0.15, 0.2) is 0 Å². The van der Waals surface area contributed by atoms with Crippen molar-refractivity contribution < 1.29 is 18.1 Å². The topological polar surface area (TPSA) is 84.1 Å². The summed E-state index contributed by atoms with van der Waals surface area (Å²) in [5.41, 5.74) is 0. The molecule has 1 atom stereocenters. The Kier molecular flexibility index (Phi) is 13.9. The Hall–Kier alpha value is -0.283. The molecule has 0 aliphatic rings. The van der Waals surface area contributed by atoms with Gasteiger partial charge in [-0.25, -0.2) is 4.79 Å². The first-order chi connectivity index (χ1) is 11.1. The van der Waals surface area contributed by atoms with Crippen LogP contribution in [0.25, 0.3) is 0 Å². The van der Waals surface area contributed by atoms with Crippen LogP contribution in [0.5, 0.6) is 0 Å². The highest BCUT2D eigenvalue weighted by atomic mass is 31.0. The summed E-state index contributed by atoms with van der Waals surface area (Å²) in [5.74, 6) is 0. The van der Waals surface area contributed by atoms with E-state index < -0.39 is 8.80 Å². The SMILES string of the molecule is CCO[Si](CCCNC(=O)N(CNC)CNP)(OCC)OCC. The van der Waals surface area contributed by atoms with Crippen molar-refractivity contribution in [2.45, 2.75) is 33.2 Å². The summed E-state index contributed by atoms with van der Waals surface area (Å²) in [5, 5.41) is 8.75. The minimum absolute atomic E-state index is 0.120. The number of rotatable bonds is 14. The zero-order valence-corrected chi connectivity index (χ0v) is 17.0. The fourth-order valence-corrected chi connectivity index (χ4v) is 4.95. The minimum Gasteiger partial charge on any atom is -0.374 e. The summed E-state index contributed by atoms with van der Waals surface area (Å²) in [6.45, 7) is 8.98. The van der Waals surface area contributed by atoms with Gasteiger partial charge >= 0.3 is 14.8 Å². The van der Waals surface area contributed by atoms with Crippen LogP contribution < -0.4 is 15.7 Å². The van der Waals surface area contributed by atoms with Crippen molar-refractivity contribution in [1.29, 1.82) is 0 Å². The normalized spacial score (nSPS) is 11.5. The van der Waals surface area contributed by atoms with Gasteiger partial charge in [0, 0.05) is 32.4 Å². The second-order valence-electron chi connectivity index (χ2n) is 4.73. The summed E-state index contributed by atoms with van der Waals surface area (Å²) in [7, 11) is 1.57. The van der Waals surface area contributed by atoms with Gasteiger partial charge in [-0.2, -0.15) is 0 Å². The summed E-state index contributed by atoms with van der Waals surface area (Å²) < 4.78 is 17.4. The molecule has 2 amide bonds. The highest BCUT2D eigenvalue weighted by molar-refractivity contribution is 7.13. The predicted octanol–water partition coefficient (Wildman–Crippen LogP) is 0.951. The average Bonchev–Trinajstić information content (AvgIpc) is 2.52. The van der Waals surface area contributed by atoms with E-state index in [-0.39, 0.29) is 6.03 Å². The molecule has 0 saturated carbocycles. The molecule has 0 aliphatic carbocycles. The Morgan fingerprint density at radius 1 is 1.09 bits per heavy atom. The largest absolute Gasteiger partial charge is 0.500 e. The van der Waals surface area contributed by atoms with Crippen molar-refractivity contribution in [3.8, 4) is 0 Å². The van der Waals surface area contributed by atoms with Crippen LogP contribution in [-0.4, -0.2) is 66.5 Å². The molecule has 0 heterocycles. The minimum atomic E-state index is -2.62. The molecule has 0 rings (SSSR count). The maximum Gasteiger partial charge on any atom is 0.500 e. The van der Waals surface area contributed by atoms with Gasteiger partial charge in [0.2, 0.25) is 0 Å². The van der Waals surface area contributed by atoms with Gasteiger partial charge in [-0.15, -0.1) is 0 Å². The predicted molar refractivity (Wildman–Crippen MR) is 96.9 cm³/mol. The van der Waals surface area contributed by atoms with Crippen LogP contribution in [0.2, 0.25) is 6.04 Å². The highest BCUT2D eigenvalue weighted by Gasteiger charge is 2.39. The number of carbonyl (C=O) groups is 1. The van der Waals surface area contributed by atoms with E-state index in [1.165, 1.54) is 0 Å². The molecule has 0 radical (unpaired) electrons. The number of urea groups is 1. The third-order valence-corrected chi connectivity index (χ3v) is 6.28. The van der Waals surface area contributed by atoms with E-state index in [1.807, 2.05) is 20.8 Å². The van der Waals surface area contributed by atoms with Crippen molar-refractivity contribution in [2.75, 3.05) is 46.8 Å². The van der Waals surface area contributed by atoms with Crippen LogP contribution >= 0.6 is 9.39 Å². The molecule has 0 aromatic heterocycles. The lowest BCUT2D eigenvalue weighted by atomic mass is 10.5. The number of nitrogens with one attached hydrogen (secondary N) is 3. The van der Waals surface area contributed by atoms with Gasteiger partial charge in [0.25, 0.3) is 0 Å². The van der Waals surface area contributed by atoms with E-state index in [9.17, 15) is 4.79 Å². The first kappa shape index (κ1) is 22.7. The molecule has 1 unspecified atom stereocenters. The molecule has 0 spiro atoms. The second-order valence-corrected chi connectivity index (χ2v) is 7.87. The quantitative estimate of drug-likeness (QED) is 0.183. The first-order valence-corrected chi connectivity index (χ1v) is 10.6. The van der Waals surface area contributed by atoms with E-state index in [0.717, 1.165) is 6.42 Å². The lowest BCUT2D eigenvalue weighted by Crippen LogP contribution is -2.48. The Labute approximate surface area is 143 Å². The van der Waals surface area contributed by atoms with Crippen LogP contribution in [0.3, 0.4) is 0 Å². The Balaban J connectivity index is 4.33. The Morgan fingerprint density at radius 2 is 1.65 bits per heavy atom. The van der Waals surface area contributed by atoms with Gasteiger partial charge in [-0.05, 0) is 34.2 Å². The molecule has 8 nitrogen and oxygen atoms in total. The van der Waals surface area contributed by atoms with Crippen molar-refractivity contribution in [3.05, 3.63) is 0 Å². The zero-order valence-electron chi connectivity index (χ0n) is 14.8. The number of amides is 2. The summed E-state index contributed by atoms with van der Waals surface area (Å²) in [4.78, 5) is 13.7. The van der Waals surface area contributed by atoms with E-state index in [4.69, 9.17) is 13.3 Å². The number of hydrogen-bond donors (Lipinski definition) is 3. The van der Waals surface area contributed by atoms with Crippen LogP contribution in [0.4, 0.5) is 4.79 Å². The smallest absolute Gasteiger partial charge is 0.374 e. The molecule has 0 fully saturated rings. The lowest BCUT2D eigenvalue weighted by molar-refractivity contribution is 0.0708. The van der Waals surface area contributed by atoms with Crippen LogP contribution in [0.1, 0.15) is 27.2 Å². The lowest BCUT2D eigenvalue weighted by Gasteiger charge is -2.28. The highest BCUT2D eigenvalue weighted by Crippen LogP contribution is 2.17. The van der Waals surface area contributed by atoms with Crippen LogP contribution in [0, 0.1) is 0 Å². The second kappa shape index (κ2) is 14.1. The molecule has 3 N–H and O–H groups in total. The van der Waals surface area contributed by atoms with E-state index >= 15 is 0 Å². The molecular weight excluding hydrogens is 335 g/mol. The zero-order chi connectivity index (χ0) is 17.6. The van der Waals surface area contributed by atoms with Gasteiger partial charge in [-0.1, -0.05) is 9.39 Å². The number of nitrogens with zero attached hydrogens (tertiary/aromatic N) is 1. The fraction of sp³-hybridized carbons (Fsp3) is 0.923. The third-order valence-electron chi connectivity index (χ3n) is 2.95. The fourth-order valence-electron chi connectivity index (χ4n) is 2.11. The maximum atomic E-state index is 12.1.